The Morgan fingerprint density at radius 1 is 1.27 bits per heavy atom. The number of nitrogens with zero attached hydrogens (tertiary/aromatic N) is 5. The predicted molar refractivity (Wildman–Crippen MR) is 83.9 cm³/mol. The van der Waals surface area contributed by atoms with Crippen molar-refractivity contribution in [3.8, 4) is 11.9 Å². The Morgan fingerprint density at radius 3 is 2.86 bits per heavy atom. The molecule has 0 aliphatic rings. The zero-order chi connectivity index (χ0) is 15.1. The molecule has 4 aromatic rings. The number of pyridine rings is 1. The zero-order valence-electron chi connectivity index (χ0n) is 12.1. The van der Waals surface area contributed by atoms with Crippen LogP contribution < -0.4 is 0 Å². The topological polar surface area (TPSA) is 58.9 Å². The molecule has 0 unspecified atom stereocenters. The predicted octanol–water partition coefficient (Wildman–Crippen LogP) is 3.11. The molecule has 0 fully saturated rings. The summed E-state index contributed by atoms with van der Waals surface area (Å²) in [6.07, 6.45) is 6.18. The summed E-state index contributed by atoms with van der Waals surface area (Å²) >= 11 is 0. The highest BCUT2D eigenvalue weighted by atomic mass is 15.2. The van der Waals surface area contributed by atoms with Crippen molar-refractivity contribution >= 4 is 16.7 Å². The molecule has 22 heavy (non-hydrogen) atoms. The Hall–Kier alpha value is -3.13. The van der Waals surface area contributed by atoms with Crippen LogP contribution in [0.4, 0.5) is 0 Å². The number of fused-ring (bicyclic) bond motifs is 3. The molecular weight excluding hydrogens is 274 g/mol. The molecule has 0 bridgehead atoms. The summed E-state index contributed by atoms with van der Waals surface area (Å²) in [4.78, 5) is 8.80. The fraction of sp³-hybridized carbons (Fsp3) is 0.118. The SMILES string of the molecule is CCc1cc(-n2ccnc2)n2c(nc3ccccc32)c1C#N. The van der Waals surface area contributed by atoms with Crippen LogP contribution in [0.2, 0.25) is 0 Å². The van der Waals surface area contributed by atoms with E-state index < -0.39 is 0 Å². The highest BCUT2D eigenvalue weighted by Gasteiger charge is 2.16. The Bertz CT molecular complexity index is 1020. The molecule has 0 atom stereocenters. The number of hydrogen-bond acceptors (Lipinski definition) is 3. The lowest BCUT2D eigenvalue weighted by atomic mass is 10.1. The third-order valence-electron chi connectivity index (χ3n) is 3.90. The molecule has 0 aliphatic carbocycles. The first-order valence-electron chi connectivity index (χ1n) is 7.15. The summed E-state index contributed by atoms with van der Waals surface area (Å²) < 4.78 is 3.97. The standard InChI is InChI=1S/C17H13N5/c1-2-12-9-16(21-8-7-19-11-21)22-15-6-4-3-5-14(15)20-17(22)13(12)10-18/h3-9,11H,2H2,1H3. The summed E-state index contributed by atoms with van der Waals surface area (Å²) in [5.74, 6) is 0.942. The van der Waals surface area contributed by atoms with Gasteiger partial charge in [-0.1, -0.05) is 19.1 Å². The maximum atomic E-state index is 9.57. The molecule has 0 N–H and O–H groups in total. The van der Waals surface area contributed by atoms with Crippen molar-refractivity contribution in [2.75, 3.05) is 0 Å². The van der Waals surface area contributed by atoms with E-state index in [-0.39, 0.29) is 0 Å². The Morgan fingerprint density at radius 2 is 2.14 bits per heavy atom. The van der Waals surface area contributed by atoms with Crippen molar-refractivity contribution in [2.24, 2.45) is 0 Å². The molecule has 4 rings (SSSR count). The number of hydrogen-bond donors (Lipinski definition) is 0. The first kappa shape index (κ1) is 12.6. The van der Waals surface area contributed by atoms with Crippen LogP contribution >= 0.6 is 0 Å². The van der Waals surface area contributed by atoms with Gasteiger partial charge in [0, 0.05) is 12.4 Å². The molecule has 0 amide bonds. The van der Waals surface area contributed by atoms with E-state index in [0.29, 0.717) is 11.2 Å². The second kappa shape index (κ2) is 4.71. The maximum Gasteiger partial charge on any atom is 0.157 e. The second-order valence-electron chi connectivity index (χ2n) is 5.10. The molecule has 0 spiro atoms. The van der Waals surface area contributed by atoms with Gasteiger partial charge in [-0.05, 0) is 30.2 Å². The van der Waals surface area contributed by atoms with Gasteiger partial charge in [0.1, 0.15) is 18.2 Å². The van der Waals surface area contributed by atoms with Gasteiger partial charge in [0.05, 0.1) is 16.6 Å². The Kier molecular flexibility index (Phi) is 2.70. The van der Waals surface area contributed by atoms with Crippen molar-refractivity contribution in [2.45, 2.75) is 13.3 Å². The van der Waals surface area contributed by atoms with Crippen LogP contribution in [0.3, 0.4) is 0 Å². The first-order valence-corrected chi connectivity index (χ1v) is 7.15. The lowest BCUT2D eigenvalue weighted by molar-refractivity contribution is 0.953. The number of imidazole rings is 2. The lowest BCUT2D eigenvalue weighted by Crippen LogP contribution is -2.04. The smallest absolute Gasteiger partial charge is 0.157 e. The van der Waals surface area contributed by atoms with Gasteiger partial charge in [-0.25, -0.2) is 9.97 Å². The van der Waals surface area contributed by atoms with Crippen LogP contribution in [0.1, 0.15) is 18.1 Å². The molecule has 3 heterocycles. The molecule has 0 radical (unpaired) electrons. The molecule has 5 nitrogen and oxygen atoms in total. The van der Waals surface area contributed by atoms with Crippen LogP contribution in [-0.4, -0.2) is 18.9 Å². The van der Waals surface area contributed by atoms with E-state index in [1.807, 2.05) is 52.4 Å². The number of para-hydroxylation sites is 2. The summed E-state index contributed by atoms with van der Waals surface area (Å²) in [5.41, 5.74) is 4.21. The molecule has 3 aromatic heterocycles. The molecule has 106 valence electrons. The minimum Gasteiger partial charge on any atom is -0.292 e. The van der Waals surface area contributed by atoms with Gasteiger partial charge in [-0.3, -0.25) is 8.97 Å². The first-order chi connectivity index (χ1) is 10.8. The van der Waals surface area contributed by atoms with Crippen molar-refractivity contribution in [1.29, 1.82) is 5.26 Å². The Labute approximate surface area is 127 Å². The fourth-order valence-electron chi connectivity index (χ4n) is 2.85. The van der Waals surface area contributed by atoms with E-state index >= 15 is 0 Å². The lowest BCUT2D eigenvalue weighted by Gasteiger charge is -2.11. The minimum atomic E-state index is 0.641. The molecule has 0 aliphatic heterocycles. The molecule has 5 heteroatoms. The minimum absolute atomic E-state index is 0.641. The average molecular weight is 287 g/mol. The second-order valence-corrected chi connectivity index (χ2v) is 5.10. The van der Waals surface area contributed by atoms with Crippen molar-refractivity contribution in [3.05, 3.63) is 60.2 Å². The summed E-state index contributed by atoms with van der Waals surface area (Å²) in [7, 11) is 0. The van der Waals surface area contributed by atoms with Gasteiger partial charge in [0.15, 0.2) is 5.65 Å². The Balaban J connectivity index is 2.25. The van der Waals surface area contributed by atoms with Crippen LogP contribution in [-0.2, 0) is 6.42 Å². The van der Waals surface area contributed by atoms with Crippen molar-refractivity contribution in [1.82, 2.24) is 18.9 Å². The monoisotopic (exact) mass is 287 g/mol. The van der Waals surface area contributed by atoms with E-state index in [4.69, 9.17) is 0 Å². The van der Waals surface area contributed by atoms with Gasteiger partial charge in [0.25, 0.3) is 0 Å². The summed E-state index contributed by atoms with van der Waals surface area (Å²) in [5, 5.41) is 9.57. The van der Waals surface area contributed by atoms with Crippen LogP contribution in [0, 0.1) is 11.3 Å². The van der Waals surface area contributed by atoms with Crippen LogP contribution in [0.25, 0.3) is 22.5 Å². The highest BCUT2D eigenvalue weighted by molar-refractivity contribution is 5.84. The number of rotatable bonds is 2. The number of aromatic nitrogens is 4. The summed E-state index contributed by atoms with van der Waals surface area (Å²) in [6.45, 7) is 2.05. The summed E-state index contributed by atoms with van der Waals surface area (Å²) in [6, 6.07) is 12.3. The van der Waals surface area contributed by atoms with Crippen molar-refractivity contribution in [3.63, 3.8) is 0 Å². The number of aryl methyl sites for hydroxylation is 1. The molecule has 1 aromatic carbocycles. The molecular formula is C17H13N5. The third-order valence-corrected chi connectivity index (χ3v) is 3.90. The maximum absolute atomic E-state index is 9.57. The van der Waals surface area contributed by atoms with Gasteiger partial charge in [0.2, 0.25) is 0 Å². The number of nitriles is 1. The van der Waals surface area contributed by atoms with E-state index in [1.165, 1.54) is 0 Å². The van der Waals surface area contributed by atoms with Crippen LogP contribution in [0.5, 0.6) is 0 Å². The zero-order valence-corrected chi connectivity index (χ0v) is 12.1. The average Bonchev–Trinajstić information content (AvgIpc) is 3.20. The van der Waals surface area contributed by atoms with Gasteiger partial charge in [-0.15, -0.1) is 0 Å². The molecule has 0 saturated carbocycles. The largest absolute Gasteiger partial charge is 0.292 e. The number of benzene rings is 1. The highest BCUT2D eigenvalue weighted by Crippen LogP contribution is 2.26. The van der Waals surface area contributed by atoms with Crippen molar-refractivity contribution < 1.29 is 0 Å². The normalized spacial score (nSPS) is 11.1. The molecule has 0 saturated heterocycles. The van der Waals surface area contributed by atoms with Crippen LogP contribution in [0.15, 0.2) is 49.1 Å². The van der Waals surface area contributed by atoms with E-state index in [1.54, 1.807) is 12.5 Å². The van der Waals surface area contributed by atoms with Gasteiger partial charge in [-0.2, -0.15) is 5.26 Å². The quantitative estimate of drug-likeness (QED) is 0.569. The fourth-order valence-corrected chi connectivity index (χ4v) is 2.85. The van der Waals surface area contributed by atoms with Gasteiger partial charge >= 0.3 is 0 Å². The third kappa shape index (κ3) is 1.64. The van der Waals surface area contributed by atoms with E-state index in [9.17, 15) is 5.26 Å². The van der Waals surface area contributed by atoms with Gasteiger partial charge < -0.3 is 0 Å². The van der Waals surface area contributed by atoms with E-state index in [2.05, 4.69) is 16.0 Å². The van der Waals surface area contributed by atoms with E-state index in [0.717, 1.165) is 28.8 Å².